The van der Waals surface area contributed by atoms with E-state index in [1.165, 1.54) is 17.3 Å². The maximum absolute atomic E-state index is 12.5. The van der Waals surface area contributed by atoms with E-state index in [-0.39, 0.29) is 17.1 Å². The highest BCUT2D eigenvalue weighted by Crippen LogP contribution is 2.25. The molecule has 0 spiro atoms. The van der Waals surface area contributed by atoms with Crippen molar-refractivity contribution in [2.45, 2.75) is 37.3 Å². The number of hydrogen-bond acceptors (Lipinski definition) is 3. The van der Waals surface area contributed by atoms with Crippen molar-refractivity contribution in [3.63, 3.8) is 0 Å². The predicted molar refractivity (Wildman–Crippen MR) is 104 cm³/mol. The number of rotatable bonds is 7. The summed E-state index contributed by atoms with van der Waals surface area (Å²) >= 11 is 1.50. The third-order valence-electron chi connectivity index (χ3n) is 3.67. The Kier molecular flexibility index (Phi) is 7.07. The number of benzene rings is 2. The molecule has 0 saturated carbocycles. The fraction of sp³-hybridized carbons (Fsp3) is 0.300. The van der Waals surface area contributed by atoms with Gasteiger partial charge in [-0.15, -0.1) is 11.8 Å². The highest BCUT2D eigenvalue weighted by Gasteiger charge is 2.17. The maximum atomic E-state index is 12.5. The van der Waals surface area contributed by atoms with Crippen LogP contribution in [-0.4, -0.2) is 23.6 Å². The van der Waals surface area contributed by atoms with Crippen LogP contribution in [0.3, 0.4) is 0 Å². The van der Waals surface area contributed by atoms with Crippen molar-refractivity contribution in [3.8, 4) is 0 Å². The van der Waals surface area contributed by atoms with E-state index < -0.39 is 0 Å². The Morgan fingerprint density at radius 1 is 1.08 bits per heavy atom. The van der Waals surface area contributed by atoms with E-state index in [1.807, 2.05) is 51.1 Å². The van der Waals surface area contributed by atoms with E-state index in [1.54, 1.807) is 18.2 Å². The van der Waals surface area contributed by atoms with Crippen LogP contribution >= 0.6 is 11.8 Å². The molecule has 0 aliphatic heterocycles. The minimum absolute atomic E-state index is 0.124. The Labute approximate surface area is 153 Å². The van der Waals surface area contributed by atoms with Crippen LogP contribution in [0.25, 0.3) is 0 Å². The predicted octanol–water partition coefficient (Wildman–Crippen LogP) is 4.25. The van der Waals surface area contributed by atoms with Gasteiger partial charge in [-0.05, 0) is 44.5 Å². The van der Waals surface area contributed by atoms with Crippen LogP contribution in [0.15, 0.2) is 53.4 Å². The average Bonchev–Trinajstić information content (AvgIpc) is 2.62. The largest absolute Gasteiger partial charge is 0.352 e. The van der Waals surface area contributed by atoms with Crippen molar-refractivity contribution in [2.24, 2.45) is 0 Å². The van der Waals surface area contributed by atoms with Gasteiger partial charge in [0.05, 0.1) is 16.5 Å². The van der Waals surface area contributed by atoms with Crippen LogP contribution in [-0.2, 0) is 4.79 Å². The molecular formula is C20H24N2O2S. The zero-order valence-corrected chi connectivity index (χ0v) is 15.7. The SMILES string of the molecule is CCCNC(=O)c1ccccc1NC(=O)[C@H](C)Sc1ccc(C)cc1. The standard InChI is InChI=1S/C20H24N2O2S/c1-4-13-21-20(24)17-7-5-6-8-18(17)22-19(23)15(3)25-16-11-9-14(2)10-12-16/h5-12,15H,4,13H2,1-3H3,(H,21,24)(H,22,23)/t15-/m0/s1. The molecule has 0 aliphatic rings. The lowest BCUT2D eigenvalue weighted by Gasteiger charge is -2.15. The number of hydrogen-bond donors (Lipinski definition) is 2. The number of anilines is 1. The highest BCUT2D eigenvalue weighted by atomic mass is 32.2. The third-order valence-corrected chi connectivity index (χ3v) is 4.78. The molecule has 2 N–H and O–H groups in total. The summed E-state index contributed by atoms with van der Waals surface area (Å²) in [5, 5.41) is 5.45. The van der Waals surface area contributed by atoms with Crippen molar-refractivity contribution in [1.29, 1.82) is 0 Å². The number of carbonyl (C=O) groups is 2. The molecule has 2 amide bonds. The minimum Gasteiger partial charge on any atom is -0.352 e. The van der Waals surface area contributed by atoms with Crippen LogP contribution < -0.4 is 10.6 Å². The molecule has 0 saturated heterocycles. The molecular weight excluding hydrogens is 332 g/mol. The van der Waals surface area contributed by atoms with Gasteiger partial charge in [0.1, 0.15) is 0 Å². The van der Waals surface area contributed by atoms with Gasteiger partial charge in [-0.25, -0.2) is 0 Å². The monoisotopic (exact) mass is 356 g/mol. The van der Waals surface area contributed by atoms with Gasteiger partial charge in [-0.2, -0.15) is 0 Å². The van der Waals surface area contributed by atoms with Gasteiger partial charge < -0.3 is 10.6 Å². The molecule has 0 aliphatic carbocycles. The molecule has 5 heteroatoms. The zero-order chi connectivity index (χ0) is 18.2. The van der Waals surface area contributed by atoms with Gasteiger partial charge in [-0.1, -0.05) is 36.8 Å². The summed E-state index contributed by atoms with van der Waals surface area (Å²) in [7, 11) is 0. The van der Waals surface area contributed by atoms with Crippen LogP contribution in [0.1, 0.15) is 36.2 Å². The summed E-state index contributed by atoms with van der Waals surface area (Å²) in [6.45, 7) is 6.50. The molecule has 0 bridgehead atoms. The molecule has 0 heterocycles. The van der Waals surface area contributed by atoms with Crippen molar-refractivity contribution in [1.82, 2.24) is 5.32 Å². The van der Waals surface area contributed by atoms with Gasteiger partial charge >= 0.3 is 0 Å². The average molecular weight is 356 g/mol. The zero-order valence-electron chi connectivity index (χ0n) is 14.8. The van der Waals surface area contributed by atoms with E-state index in [0.29, 0.717) is 17.8 Å². The second kappa shape index (κ2) is 9.28. The Balaban J connectivity index is 2.04. The summed E-state index contributed by atoms with van der Waals surface area (Å²) in [4.78, 5) is 25.8. The first-order valence-corrected chi connectivity index (χ1v) is 9.30. The lowest BCUT2D eigenvalue weighted by Crippen LogP contribution is -2.27. The molecule has 2 rings (SSSR count). The van der Waals surface area contributed by atoms with Crippen LogP contribution in [0, 0.1) is 6.92 Å². The third kappa shape index (κ3) is 5.64. The molecule has 25 heavy (non-hydrogen) atoms. The fourth-order valence-electron chi connectivity index (χ4n) is 2.23. The summed E-state index contributed by atoms with van der Waals surface area (Å²) in [5.74, 6) is -0.294. The Morgan fingerprint density at radius 3 is 2.44 bits per heavy atom. The Morgan fingerprint density at radius 2 is 1.76 bits per heavy atom. The van der Waals surface area contributed by atoms with Crippen LogP contribution in [0.4, 0.5) is 5.69 Å². The minimum atomic E-state index is -0.269. The first kappa shape index (κ1) is 19.1. The van der Waals surface area contributed by atoms with E-state index in [0.717, 1.165) is 11.3 Å². The number of para-hydroxylation sites is 1. The summed E-state index contributed by atoms with van der Waals surface area (Å²) < 4.78 is 0. The van der Waals surface area contributed by atoms with Gasteiger partial charge in [0.2, 0.25) is 5.91 Å². The Bertz CT molecular complexity index is 729. The molecule has 2 aromatic rings. The second-order valence-electron chi connectivity index (χ2n) is 5.86. The van der Waals surface area contributed by atoms with E-state index >= 15 is 0 Å². The summed E-state index contributed by atoms with van der Waals surface area (Å²) in [6.07, 6.45) is 0.866. The number of carbonyl (C=O) groups excluding carboxylic acids is 2. The lowest BCUT2D eigenvalue weighted by atomic mass is 10.1. The molecule has 0 unspecified atom stereocenters. The highest BCUT2D eigenvalue weighted by molar-refractivity contribution is 8.00. The molecule has 0 fully saturated rings. The molecule has 2 aromatic carbocycles. The topological polar surface area (TPSA) is 58.2 Å². The van der Waals surface area contributed by atoms with Crippen molar-refractivity contribution < 1.29 is 9.59 Å². The molecule has 0 aromatic heterocycles. The van der Waals surface area contributed by atoms with E-state index in [2.05, 4.69) is 10.6 Å². The number of nitrogens with one attached hydrogen (secondary N) is 2. The lowest BCUT2D eigenvalue weighted by molar-refractivity contribution is -0.115. The van der Waals surface area contributed by atoms with Gasteiger partial charge in [0.15, 0.2) is 0 Å². The fourth-order valence-corrected chi connectivity index (χ4v) is 3.10. The number of aryl methyl sites for hydroxylation is 1. The summed E-state index contributed by atoms with van der Waals surface area (Å²) in [5.41, 5.74) is 2.21. The van der Waals surface area contributed by atoms with E-state index in [9.17, 15) is 9.59 Å². The number of amides is 2. The van der Waals surface area contributed by atoms with Crippen molar-refractivity contribution >= 4 is 29.3 Å². The molecule has 1 atom stereocenters. The molecule has 4 nitrogen and oxygen atoms in total. The van der Waals surface area contributed by atoms with Gasteiger partial charge in [0, 0.05) is 11.4 Å². The van der Waals surface area contributed by atoms with Crippen molar-refractivity contribution in [2.75, 3.05) is 11.9 Å². The molecule has 0 radical (unpaired) electrons. The van der Waals surface area contributed by atoms with Crippen LogP contribution in [0.5, 0.6) is 0 Å². The smallest absolute Gasteiger partial charge is 0.253 e. The van der Waals surface area contributed by atoms with Crippen molar-refractivity contribution in [3.05, 3.63) is 59.7 Å². The first-order valence-electron chi connectivity index (χ1n) is 8.42. The van der Waals surface area contributed by atoms with Gasteiger partial charge in [-0.3, -0.25) is 9.59 Å². The normalized spacial score (nSPS) is 11.6. The van der Waals surface area contributed by atoms with Gasteiger partial charge in [0.25, 0.3) is 5.91 Å². The maximum Gasteiger partial charge on any atom is 0.253 e. The molecule has 132 valence electrons. The summed E-state index contributed by atoms with van der Waals surface area (Å²) in [6, 6.07) is 15.2. The first-order chi connectivity index (χ1) is 12.0. The second-order valence-corrected chi connectivity index (χ2v) is 7.28. The van der Waals surface area contributed by atoms with E-state index in [4.69, 9.17) is 0 Å². The van der Waals surface area contributed by atoms with Crippen LogP contribution in [0.2, 0.25) is 0 Å². The number of thioether (sulfide) groups is 1. The Hall–Kier alpha value is -2.27. The quantitative estimate of drug-likeness (QED) is 0.729.